The van der Waals surface area contributed by atoms with Crippen molar-refractivity contribution in [1.82, 2.24) is 9.97 Å². The molecule has 3 rings (SSSR count). The zero-order valence-electron chi connectivity index (χ0n) is 11.2. The summed E-state index contributed by atoms with van der Waals surface area (Å²) in [6.45, 7) is 4.74. The zero-order valence-corrected chi connectivity index (χ0v) is 12.0. The number of nitrogens with one attached hydrogen (secondary N) is 1. The Bertz CT molecular complexity index is 549. The van der Waals surface area contributed by atoms with Crippen molar-refractivity contribution in [2.75, 3.05) is 25.1 Å². The smallest absolute Gasteiger partial charge is 0.138 e. The van der Waals surface area contributed by atoms with Gasteiger partial charge >= 0.3 is 0 Å². The average molecular weight is 277 g/mol. The van der Waals surface area contributed by atoms with Crippen LogP contribution < -0.4 is 5.32 Å². The maximum absolute atomic E-state index is 5.55. The van der Waals surface area contributed by atoms with Crippen molar-refractivity contribution in [1.29, 1.82) is 0 Å². The second kappa shape index (κ2) is 5.84. The molecule has 1 aliphatic heterocycles. The van der Waals surface area contributed by atoms with Crippen LogP contribution in [-0.2, 0) is 4.74 Å². The van der Waals surface area contributed by atoms with Crippen LogP contribution in [0.5, 0.6) is 0 Å². The molecule has 0 aromatic carbocycles. The molecule has 1 N–H and O–H groups in total. The molecular weight excluding hydrogens is 258 g/mol. The Labute approximate surface area is 117 Å². The molecule has 2 aromatic heterocycles. The molecule has 0 bridgehead atoms. The molecule has 4 nitrogen and oxygen atoms in total. The number of rotatable bonds is 4. The van der Waals surface area contributed by atoms with Crippen LogP contribution in [0.15, 0.2) is 11.4 Å². The Morgan fingerprint density at radius 1 is 1.47 bits per heavy atom. The van der Waals surface area contributed by atoms with Crippen LogP contribution >= 0.6 is 11.3 Å². The second-order valence-corrected chi connectivity index (χ2v) is 5.81. The number of hydrogen-bond donors (Lipinski definition) is 1. The van der Waals surface area contributed by atoms with Gasteiger partial charge in [0.15, 0.2) is 0 Å². The van der Waals surface area contributed by atoms with Crippen molar-refractivity contribution in [2.24, 2.45) is 0 Å². The zero-order chi connectivity index (χ0) is 13.1. The monoisotopic (exact) mass is 277 g/mol. The number of fused-ring (bicyclic) bond motifs is 1. The molecule has 0 amide bonds. The van der Waals surface area contributed by atoms with Gasteiger partial charge in [0, 0.05) is 19.1 Å². The second-order valence-electron chi connectivity index (χ2n) is 4.91. The van der Waals surface area contributed by atoms with Crippen LogP contribution in [0.4, 0.5) is 5.82 Å². The van der Waals surface area contributed by atoms with Gasteiger partial charge in [0.05, 0.1) is 12.0 Å². The number of hydrogen-bond acceptors (Lipinski definition) is 5. The number of aromatic nitrogens is 2. The summed E-state index contributed by atoms with van der Waals surface area (Å²) in [4.78, 5) is 10.5. The summed E-state index contributed by atoms with van der Waals surface area (Å²) in [7, 11) is 0. The van der Waals surface area contributed by atoms with Gasteiger partial charge in [-0.15, -0.1) is 11.3 Å². The van der Waals surface area contributed by atoms with Crippen LogP contribution in [0, 0.1) is 0 Å². The molecule has 0 spiro atoms. The van der Waals surface area contributed by atoms with Gasteiger partial charge in [-0.25, -0.2) is 9.97 Å². The molecule has 1 fully saturated rings. The maximum Gasteiger partial charge on any atom is 0.138 e. The molecule has 1 atom stereocenters. The molecule has 3 heterocycles. The standard InChI is InChI=1S/C14H19N3OS/c1-2-6-15-13-11-5-8-19-14(11)17-12(16-13)10-4-3-7-18-9-10/h5,8,10H,2-4,6-7,9H2,1H3,(H,15,16,17). The Morgan fingerprint density at radius 2 is 2.42 bits per heavy atom. The first-order valence-electron chi connectivity index (χ1n) is 6.95. The minimum atomic E-state index is 0.349. The van der Waals surface area contributed by atoms with Crippen molar-refractivity contribution < 1.29 is 4.74 Å². The molecule has 1 unspecified atom stereocenters. The summed E-state index contributed by atoms with van der Waals surface area (Å²) in [5, 5.41) is 6.64. The molecule has 5 heteroatoms. The Kier molecular flexibility index (Phi) is 3.94. The van der Waals surface area contributed by atoms with Gasteiger partial charge in [0.25, 0.3) is 0 Å². The van der Waals surface area contributed by atoms with Gasteiger partial charge < -0.3 is 10.1 Å². The van der Waals surface area contributed by atoms with Crippen LogP contribution in [-0.4, -0.2) is 29.7 Å². The largest absolute Gasteiger partial charge is 0.381 e. The number of anilines is 1. The predicted molar refractivity (Wildman–Crippen MR) is 79.0 cm³/mol. The van der Waals surface area contributed by atoms with E-state index in [4.69, 9.17) is 14.7 Å². The number of ether oxygens (including phenoxy) is 1. The fourth-order valence-electron chi connectivity index (χ4n) is 2.38. The number of nitrogens with zero attached hydrogens (tertiary/aromatic N) is 2. The molecule has 19 heavy (non-hydrogen) atoms. The van der Waals surface area contributed by atoms with E-state index in [1.165, 1.54) is 0 Å². The highest BCUT2D eigenvalue weighted by molar-refractivity contribution is 7.16. The minimum absolute atomic E-state index is 0.349. The fraction of sp³-hybridized carbons (Fsp3) is 0.571. The van der Waals surface area contributed by atoms with Gasteiger partial charge in [-0.1, -0.05) is 6.92 Å². The summed E-state index contributed by atoms with van der Waals surface area (Å²) >= 11 is 1.68. The molecule has 2 aromatic rings. The quantitative estimate of drug-likeness (QED) is 0.930. The summed E-state index contributed by atoms with van der Waals surface area (Å²) in [6.07, 6.45) is 3.33. The molecule has 1 saturated heterocycles. The third-order valence-corrected chi connectivity index (χ3v) is 4.22. The van der Waals surface area contributed by atoms with E-state index in [0.717, 1.165) is 60.9 Å². The lowest BCUT2D eigenvalue weighted by molar-refractivity contribution is 0.0782. The number of thiophene rings is 1. The van der Waals surface area contributed by atoms with E-state index in [2.05, 4.69) is 23.7 Å². The highest BCUT2D eigenvalue weighted by Crippen LogP contribution is 2.29. The van der Waals surface area contributed by atoms with Crippen molar-refractivity contribution in [3.8, 4) is 0 Å². The third-order valence-electron chi connectivity index (χ3n) is 3.41. The van der Waals surface area contributed by atoms with Crippen LogP contribution in [0.25, 0.3) is 10.2 Å². The first-order chi connectivity index (χ1) is 9.38. The highest BCUT2D eigenvalue weighted by atomic mass is 32.1. The molecule has 1 aliphatic rings. The van der Waals surface area contributed by atoms with E-state index < -0.39 is 0 Å². The lowest BCUT2D eigenvalue weighted by Crippen LogP contribution is -2.18. The van der Waals surface area contributed by atoms with E-state index >= 15 is 0 Å². The van der Waals surface area contributed by atoms with Crippen molar-refractivity contribution in [2.45, 2.75) is 32.1 Å². The molecule has 0 saturated carbocycles. The lowest BCUT2D eigenvalue weighted by atomic mass is 10.0. The third kappa shape index (κ3) is 2.72. The normalized spacial score (nSPS) is 19.7. The molecule has 0 aliphatic carbocycles. The summed E-state index contributed by atoms with van der Waals surface area (Å²) in [6, 6.07) is 2.10. The SMILES string of the molecule is CCCNc1nc(C2CCCOC2)nc2sccc12. The summed E-state index contributed by atoms with van der Waals surface area (Å²) in [5.41, 5.74) is 0. The lowest BCUT2D eigenvalue weighted by Gasteiger charge is -2.21. The Hall–Kier alpha value is -1.20. The molecule has 102 valence electrons. The Morgan fingerprint density at radius 3 is 3.21 bits per heavy atom. The van der Waals surface area contributed by atoms with Gasteiger partial charge in [-0.3, -0.25) is 0 Å². The van der Waals surface area contributed by atoms with E-state index in [1.54, 1.807) is 11.3 Å². The minimum Gasteiger partial charge on any atom is -0.381 e. The van der Waals surface area contributed by atoms with E-state index in [9.17, 15) is 0 Å². The van der Waals surface area contributed by atoms with Crippen molar-refractivity contribution in [3.05, 3.63) is 17.3 Å². The first-order valence-corrected chi connectivity index (χ1v) is 7.83. The summed E-state index contributed by atoms with van der Waals surface area (Å²) in [5.74, 6) is 2.27. The van der Waals surface area contributed by atoms with E-state index in [-0.39, 0.29) is 0 Å². The maximum atomic E-state index is 5.55. The van der Waals surface area contributed by atoms with E-state index in [0.29, 0.717) is 5.92 Å². The molecular formula is C14H19N3OS. The van der Waals surface area contributed by atoms with Crippen LogP contribution in [0.1, 0.15) is 37.9 Å². The first kappa shape index (κ1) is 12.8. The average Bonchev–Trinajstić information content (AvgIpc) is 2.94. The van der Waals surface area contributed by atoms with Crippen LogP contribution in [0.3, 0.4) is 0 Å². The predicted octanol–water partition coefficient (Wildman–Crippen LogP) is 3.41. The van der Waals surface area contributed by atoms with Crippen molar-refractivity contribution >= 4 is 27.4 Å². The fourth-order valence-corrected chi connectivity index (χ4v) is 3.15. The van der Waals surface area contributed by atoms with Gasteiger partial charge in [0.2, 0.25) is 0 Å². The summed E-state index contributed by atoms with van der Waals surface area (Å²) < 4.78 is 5.55. The van der Waals surface area contributed by atoms with Gasteiger partial charge in [-0.2, -0.15) is 0 Å². The van der Waals surface area contributed by atoms with Gasteiger partial charge in [0.1, 0.15) is 16.5 Å². The van der Waals surface area contributed by atoms with Gasteiger partial charge in [-0.05, 0) is 30.7 Å². The Balaban J connectivity index is 1.95. The topological polar surface area (TPSA) is 47.0 Å². The molecule has 0 radical (unpaired) electrons. The highest BCUT2D eigenvalue weighted by Gasteiger charge is 2.20. The van der Waals surface area contributed by atoms with Crippen molar-refractivity contribution in [3.63, 3.8) is 0 Å². The van der Waals surface area contributed by atoms with E-state index in [1.807, 2.05) is 0 Å². The van der Waals surface area contributed by atoms with Crippen LogP contribution in [0.2, 0.25) is 0 Å².